The fraction of sp³-hybridized carbons (Fsp3) is 1.00. The summed E-state index contributed by atoms with van der Waals surface area (Å²) in [6.07, 6.45) is 0. The van der Waals surface area contributed by atoms with Crippen LogP contribution in [0.3, 0.4) is 0 Å². The molecule has 0 amide bonds. The van der Waals surface area contributed by atoms with E-state index in [0.29, 0.717) is 0 Å². The van der Waals surface area contributed by atoms with E-state index in [2.05, 4.69) is 79.1 Å². The number of halogens is 1. The van der Waals surface area contributed by atoms with Crippen LogP contribution in [0.4, 0.5) is 0 Å². The van der Waals surface area contributed by atoms with Gasteiger partial charge < -0.3 is 0 Å². The SMILES string of the molecule is C[Si](C)C.C[Si](C)C.C[Si](C)C.[Ge][I]. The molecule has 0 aliphatic carbocycles. The van der Waals surface area contributed by atoms with Crippen molar-refractivity contribution in [1.29, 1.82) is 0 Å². The summed E-state index contributed by atoms with van der Waals surface area (Å²) in [7, 11) is 0.361. The first-order valence-corrected chi connectivity index (χ1v) is 20.1. The third-order valence-electron chi connectivity index (χ3n) is 0. The van der Waals surface area contributed by atoms with Crippen molar-refractivity contribution in [3.63, 3.8) is 0 Å². The summed E-state index contributed by atoms with van der Waals surface area (Å²) in [5.41, 5.74) is 0. The van der Waals surface area contributed by atoms with Gasteiger partial charge in [0.1, 0.15) is 0 Å². The zero-order valence-corrected chi connectivity index (χ0v) is 18.6. The van der Waals surface area contributed by atoms with Crippen molar-refractivity contribution in [3.05, 3.63) is 0 Å². The molecule has 0 N–H and O–H groups in total. The molecule has 0 aromatic carbocycles. The Morgan fingerprint density at radius 1 is 0.500 bits per heavy atom. The molecule has 0 aliphatic heterocycles. The van der Waals surface area contributed by atoms with Gasteiger partial charge in [0.2, 0.25) is 0 Å². The molecule has 0 heterocycles. The Labute approximate surface area is 118 Å². The van der Waals surface area contributed by atoms with E-state index < -0.39 is 0 Å². The summed E-state index contributed by atoms with van der Waals surface area (Å²) in [6.45, 7) is 20.4. The van der Waals surface area contributed by atoms with Gasteiger partial charge in [0, 0.05) is 26.4 Å². The predicted molar refractivity (Wildman–Crippen MR) is 89.8 cm³/mol. The van der Waals surface area contributed by atoms with E-state index in [1.54, 1.807) is 0 Å². The fourth-order valence-corrected chi connectivity index (χ4v) is 0. The van der Waals surface area contributed by atoms with Crippen LogP contribution in [-0.4, -0.2) is 39.6 Å². The van der Waals surface area contributed by atoms with Gasteiger partial charge in [-0.15, -0.1) is 0 Å². The molecular formula is C9H27GeISi3. The molecule has 0 nitrogen and oxygen atoms in total. The van der Waals surface area contributed by atoms with Gasteiger partial charge in [0.15, 0.2) is 0 Å². The maximum absolute atomic E-state index is 2.27. The first-order chi connectivity index (χ1) is 6.20. The summed E-state index contributed by atoms with van der Waals surface area (Å²) < 4.78 is 0. The molecule has 0 unspecified atom stereocenters. The van der Waals surface area contributed by atoms with Gasteiger partial charge >= 0.3 is 33.4 Å². The van der Waals surface area contributed by atoms with Gasteiger partial charge in [-0.2, -0.15) is 0 Å². The quantitative estimate of drug-likeness (QED) is 0.398. The summed E-state index contributed by atoms with van der Waals surface area (Å²) in [5, 5.41) is 0. The Balaban J connectivity index is -0.0000000492. The average molecular weight is 419 g/mol. The molecule has 14 heavy (non-hydrogen) atoms. The molecule has 0 fully saturated rings. The van der Waals surface area contributed by atoms with Crippen LogP contribution in [0.2, 0.25) is 58.9 Å². The van der Waals surface area contributed by atoms with Crippen molar-refractivity contribution in [2.24, 2.45) is 0 Å². The van der Waals surface area contributed by atoms with Gasteiger partial charge in [-0.1, -0.05) is 58.9 Å². The van der Waals surface area contributed by atoms with E-state index in [1.807, 2.05) is 13.2 Å². The molecule has 0 saturated heterocycles. The molecule has 0 rings (SSSR count). The van der Waals surface area contributed by atoms with Crippen LogP contribution in [0.5, 0.6) is 0 Å². The van der Waals surface area contributed by atoms with Crippen molar-refractivity contribution in [3.8, 4) is 0 Å². The molecule has 0 aliphatic rings. The Morgan fingerprint density at radius 3 is 0.500 bits per heavy atom. The topological polar surface area (TPSA) is 0 Å². The summed E-state index contributed by atoms with van der Waals surface area (Å²) >= 11 is 4.12. The van der Waals surface area contributed by atoms with Crippen molar-refractivity contribution in [1.82, 2.24) is 0 Å². The summed E-state index contributed by atoms with van der Waals surface area (Å²) in [6, 6.07) is 0. The Morgan fingerprint density at radius 2 is 0.500 bits per heavy atom. The standard InChI is InChI=1S/3C3H9Si.GeI/c3*1-4(2)3;1-2/h3*1-3H3;. The average Bonchev–Trinajstić information content (AvgIpc) is 1.86. The van der Waals surface area contributed by atoms with Gasteiger partial charge in [-0.3, -0.25) is 0 Å². The third kappa shape index (κ3) is 629. The second-order valence-corrected chi connectivity index (χ2v) is 13.5. The van der Waals surface area contributed by atoms with E-state index in [4.69, 9.17) is 0 Å². The zero-order valence-electron chi connectivity index (χ0n) is 11.4. The second-order valence-electron chi connectivity index (χ2n) is 4.50. The van der Waals surface area contributed by atoms with Crippen LogP contribution in [0.15, 0.2) is 0 Å². The van der Waals surface area contributed by atoms with E-state index in [1.165, 1.54) is 0 Å². The number of hydrogen-bond donors (Lipinski definition) is 0. The van der Waals surface area contributed by atoms with E-state index in [0.717, 1.165) is 0 Å². The van der Waals surface area contributed by atoms with E-state index in [-0.39, 0.29) is 26.4 Å². The molecule has 0 atom stereocenters. The molecule has 0 aromatic rings. The van der Waals surface area contributed by atoms with Crippen LogP contribution in [0.1, 0.15) is 0 Å². The monoisotopic (exact) mass is 420 g/mol. The van der Waals surface area contributed by atoms with Gasteiger partial charge in [0.05, 0.1) is 0 Å². The van der Waals surface area contributed by atoms with Gasteiger partial charge in [0.25, 0.3) is 0 Å². The van der Waals surface area contributed by atoms with Crippen LogP contribution in [0.25, 0.3) is 0 Å². The Kier molecular flexibility index (Phi) is 43.2. The normalized spacial score (nSPS) is 8.14. The molecule has 0 aromatic heterocycles. The fourth-order valence-electron chi connectivity index (χ4n) is 0. The van der Waals surface area contributed by atoms with Crippen LogP contribution in [-0.2, 0) is 0 Å². The first-order valence-electron chi connectivity index (χ1n) is 4.69. The minimum atomic E-state index is 0.120. The Hall–Kier alpha value is 1.92. The minimum absolute atomic E-state index is 0.120. The predicted octanol–water partition coefficient (Wildman–Crippen LogP) is 4.62. The number of rotatable bonds is 0. The Bertz CT molecular complexity index is 48.5. The maximum atomic E-state index is 2.27. The molecule has 86 valence electrons. The summed E-state index contributed by atoms with van der Waals surface area (Å²) in [5.74, 6) is 0. The summed E-state index contributed by atoms with van der Waals surface area (Å²) in [4.78, 5) is 0. The zero-order chi connectivity index (χ0) is 12.7. The molecule has 0 saturated carbocycles. The third-order valence-corrected chi connectivity index (χ3v) is 0. The molecule has 5 heteroatoms. The number of hydrogen-bond acceptors (Lipinski definition) is 0. The van der Waals surface area contributed by atoms with Crippen molar-refractivity contribution >= 4 is 59.8 Å². The van der Waals surface area contributed by atoms with Crippen LogP contribution < -0.4 is 0 Å². The van der Waals surface area contributed by atoms with E-state index >= 15 is 0 Å². The molecular weight excluding hydrogens is 392 g/mol. The van der Waals surface area contributed by atoms with Crippen molar-refractivity contribution < 1.29 is 0 Å². The molecule has 0 bridgehead atoms. The van der Waals surface area contributed by atoms with E-state index in [9.17, 15) is 0 Å². The second kappa shape index (κ2) is 24.2. The molecule has 6 radical (unpaired) electrons. The van der Waals surface area contributed by atoms with Crippen LogP contribution in [0, 0.1) is 0 Å². The first kappa shape index (κ1) is 24.9. The van der Waals surface area contributed by atoms with Gasteiger partial charge in [-0.05, 0) is 0 Å². The molecule has 0 spiro atoms. The van der Waals surface area contributed by atoms with Crippen LogP contribution >= 0.6 is 20.2 Å². The van der Waals surface area contributed by atoms with Crippen molar-refractivity contribution in [2.75, 3.05) is 0 Å². The van der Waals surface area contributed by atoms with Gasteiger partial charge in [-0.25, -0.2) is 0 Å². The van der Waals surface area contributed by atoms with Crippen molar-refractivity contribution in [2.45, 2.75) is 58.9 Å².